The van der Waals surface area contributed by atoms with Crippen LogP contribution in [0, 0.1) is 0 Å². The van der Waals surface area contributed by atoms with Gasteiger partial charge < -0.3 is 13.6 Å². The monoisotopic (exact) mass is 472 g/mol. The molecule has 0 aromatic rings. The van der Waals surface area contributed by atoms with Gasteiger partial charge in [0, 0.05) is 6.42 Å². The van der Waals surface area contributed by atoms with E-state index in [1.165, 1.54) is 45.6 Å². The van der Waals surface area contributed by atoms with Crippen molar-refractivity contribution in [3.63, 3.8) is 0 Å². The van der Waals surface area contributed by atoms with Crippen LogP contribution in [-0.4, -0.2) is 41.9 Å². The van der Waals surface area contributed by atoms with Crippen molar-refractivity contribution in [2.75, 3.05) is 7.11 Å². The number of hydrogen-bond donors (Lipinski definition) is 0. The van der Waals surface area contributed by atoms with Crippen LogP contribution in [0.1, 0.15) is 84.0 Å². The van der Waals surface area contributed by atoms with E-state index >= 15 is 0 Å². The largest absolute Gasteiger partial charge is 0.469 e. The van der Waals surface area contributed by atoms with Crippen LogP contribution < -0.4 is 0 Å². The van der Waals surface area contributed by atoms with Gasteiger partial charge in [-0.2, -0.15) is 0 Å². The van der Waals surface area contributed by atoms with Crippen molar-refractivity contribution in [3.8, 4) is 0 Å². The molecule has 0 saturated carbocycles. The number of ether oxygens (including phenoxy) is 1. The van der Waals surface area contributed by atoms with Gasteiger partial charge in [-0.05, 0) is 71.4 Å². The SMILES string of the molecule is CCCCCC(O[Si](C)(C)C)C(C/C=C/CCCCCCCC(=O)OC)O[Si](C)(C)C. The molecule has 2 unspecified atom stereocenters. The zero-order chi connectivity index (χ0) is 23.8. The lowest BCUT2D eigenvalue weighted by Gasteiger charge is -2.36. The highest BCUT2D eigenvalue weighted by Crippen LogP contribution is 2.24. The minimum atomic E-state index is -1.64. The average molecular weight is 473 g/mol. The molecule has 0 fully saturated rings. The lowest BCUT2D eigenvalue weighted by Crippen LogP contribution is -2.44. The third kappa shape index (κ3) is 19.9. The Kier molecular flexibility index (Phi) is 16.9. The molecule has 0 heterocycles. The molecule has 0 spiro atoms. The van der Waals surface area contributed by atoms with Crippen molar-refractivity contribution >= 4 is 22.6 Å². The molecule has 0 radical (unpaired) electrons. The number of carbonyl (C=O) groups excluding carboxylic acids is 1. The smallest absolute Gasteiger partial charge is 0.305 e. The molecule has 0 amide bonds. The standard InChI is InChI=1S/C25H52O4Si2/c1-9-10-17-20-23(28-30(3,4)5)24(29-31(6,7)8)21-18-15-13-11-12-14-16-19-22-25(26)27-2/h15,18,23-24H,9-14,16-17,19-22H2,1-8H3/b18-15+. The highest BCUT2D eigenvalue weighted by Gasteiger charge is 2.31. The Hall–Kier alpha value is -0.436. The molecular weight excluding hydrogens is 420 g/mol. The summed E-state index contributed by atoms with van der Waals surface area (Å²) < 4.78 is 17.9. The van der Waals surface area contributed by atoms with Gasteiger partial charge in [0.05, 0.1) is 19.3 Å². The molecule has 4 nitrogen and oxygen atoms in total. The van der Waals surface area contributed by atoms with Crippen LogP contribution >= 0.6 is 0 Å². The van der Waals surface area contributed by atoms with E-state index in [1.807, 2.05) is 0 Å². The van der Waals surface area contributed by atoms with Crippen molar-refractivity contribution in [2.24, 2.45) is 0 Å². The summed E-state index contributed by atoms with van der Waals surface area (Å²) in [6.45, 7) is 15.9. The molecule has 6 heteroatoms. The van der Waals surface area contributed by atoms with E-state index in [0.29, 0.717) is 6.42 Å². The Morgan fingerprint density at radius 2 is 1.35 bits per heavy atom. The first-order chi connectivity index (χ1) is 14.5. The normalized spacial score (nSPS) is 14.7. The quantitative estimate of drug-likeness (QED) is 0.0830. The van der Waals surface area contributed by atoms with Crippen LogP contribution in [0.25, 0.3) is 0 Å². The Balaban J connectivity index is 4.54. The van der Waals surface area contributed by atoms with Crippen molar-refractivity contribution in [2.45, 2.75) is 135 Å². The topological polar surface area (TPSA) is 44.8 Å². The summed E-state index contributed by atoms with van der Waals surface area (Å²) in [7, 11) is -1.81. The van der Waals surface area contributed by atoms with E-state index in [-0.39, 0.29) is 18.2 Å². The fraction of sp³-hybridized carbons (Fsp3) is 0.880. The van der Waals surface area contributed by atoms with E-state index in [9.17, 15) is 4.79 Å². The number of unbranched alkanes of at least 4 members (excludes halogenated alkanes) is 7. The Bertz CT molecular complexity index is 481. The van der Waals surface area contributed by atoms with Gasteiger partial charge in [-0.3, -0.25) is 4.79 Å². The molecule has 0 rings (SSSR count). The maximum atomic E-state index is 11.1. The Labute approximate surface area is 195 Å². The number of rotatable bonds is 19. The first-order valence-corrected chi connectivity index (χ1v) is 19.4. The molecular formula is C25H52O4Si2. The summed E-state index contributed by atoms with van der Waals surface area (Å²) in [5.74, 6) is -0.0934. The van der Waals surface area contributed by atoms with Crippen LogP contribution in [0.2, 0.25) is 39.3 Å². The fourth-order valence-electron chi connectivity index (χ4n) is 3.61. The summed E-state index contributed by atoms with van der Waals surface area (Å²) in [5, 5.41) is 0. The van der Waals surface area contributed by atoms with Gasteiger partial charge in [-0.1, -0.05) is 57.6 Å². The molecule has 0 aliphatic heterocycles. The highest BCUT2D eigenvalue weighted by atomic mass is 28.4. The van der Waals surface area contributed by atoms with Gasteiger partial charge in [0.15, 0.2) is 16.6 Å². The summed E-state index contributed by atoms with van der Waals surface area (Å²) in [5.41, 5.74) is 0. The highest BCUT2D eigenvalue weighted by molar-refractivity contribution is 6.70. The van der Waals surface area contributed by atoms with Crippen LogP contribution in [0.5, 0.6) is 0 Å². The van der Waals surface area contributed by atoms with E-state index in [2.05, 4.69) is 63.1 Å². The molecule has 0 N–H and O–H groups in total. The second kappa shape index (κ2) is 17.1. The number of allylic oxidation sites excluding steroid dienone is 1. The van der Waals surface area contributed by atoms with Crippen molar-refractivity contribution in [1.29, 1.82) is 0 Å². The molecule has 0 aromatic carbocycles. The van der Waals surface area contributed by atoms with Gasteiger partial charge in [0.25, 0.3) is 0 Å². The zero-order valence-corrected chi connectivity index (χ0v) is 23.9. The van der Waals surface area contributed by atoms with E-state index in [0.717, 1.165) is 32.1 Å². The minimum absolute atomic E-state index is 0.0934. The lowest BCUT2D eigenvalue weighted by molar-refractivity contribution is -0.140. The summed E-state index contributed by atoms with van der Waals surface area (Å²) in [6.07, 6.45) is 18.1. The zero-order valence-electron chi connectivity index (χ0n) is 21.9. The van der Waals surface area contributed by atoms with E-state index < -0.39 is 16.6 Å². The van der Waals surface area contributed by atoms with Crippen LogP contribution in [0.4, 0.5) is 0 Å². The molecule has 0 bridgehead atoms. The predicted octanol–water partition coefficient (Wildman–Crippen LogP) is 7.86. The minimum Gasteiger partial charge on any atom is -0.469 e. The second-order valence-corrected chi connectivity index (χ2v) is 19.5. The Morgan fingerprint density at radius 3 is 1.94 bits per heavy atom. The van der Waals surface area contributed by atoms with Gasteiger partial charge in [0.1, 0.15) is 0 Å². The number of methoxy groups -OCH3 is 1. The molecule has 0 saturated heterocycles. The number of carbonyl (C=O) groups is 1. The molecule has 184 valence electrons. The van der Waals surface area contributed by atoms with Crippen molar-refractivity contribution < 1.29 is 18.4 Å². The molecule has 0 aliphatic carbocycles. The third-order valence-corrected chi connectivity index (χ3v) is 7.05. The van der Waals surface area contributed by atoms with Crippen molar-refractivity contribution in [1.82, 2.24) is 0 Å². The second-order valence-electron chi connectivity index (χ2n) is 10.6. The van der Waals surface area contributed by atoms with Crippen molar-refractivity contribution in [3.05, 3.63) is 12.2 Å². The molecule has 0 aliphatic rings. The fourth-order valence-corrected chi connectivity index (χ4v) is 5.95. The summed E-state index contributed by atoms with van der Waals surface area (Å²) in [4.78, 5) is 11.1. The first-order valence-electron chi connectivity index (χ1n) is 12.6. The number of esters is 1. The number of hydrogen-bond acceptors (Lipinski definition) is 4. The summed E-state index contributed by atoms with van der Waals surface area (Å²) >= 11 is 0. The van der Waals surface area contributed by atoms with Gasteiger partial charge in [0.2, 0.25) is 0 Å². The maximum absolute atomic E-state index is 11.1. The Morgan fingerprint density at radius 1 is 0.774 bits per heavy atom. The van der Waals surface area contributed by atoms with E-state index in [4.69, 9.17) is 8.85 Å². The third-order valence-electron chi connectivity index (χ3n) is 5.03. The summed E-state index contributed by atoms with van der Waals surface area (Å²) in [6, 6.07) is 0. The maximum Gasteiger partial charge on any atom is 0.305 e. The lowest BCUT2D eigenvalue weighted by atomic mass is 10.0. The van der Waals surface area contributed by atoms with Crippen LogP contribution in [-0.2, 0) is 18.4 Å². The average Bonchev–Trinajstić information content (AvgIpc) is 2.65. The molecule has 0 aromatic heterocycles. The predicted molar refractivity (Wildman–Crippen MR) is 139 cm³/mol. The molecule has 2 atom stereocenters. The first kappa shape index (κ1) is 30.6. The van der Waals surface area contributed by atoms with E-state index in [1.54, 1.807) is 0 Å². The van der Waals surface area contributed by atoms with Crippen LogP contribution in [0.3, 0.4) is 0 Å². The van der Waals surface area contributed by atoms with Gasteiger partial charge >= 0.3 is 5.97 Å². The van der Waals surface area contributed by atoms with Gasteiger partial charge in [-0.25, -0.2) is 0 Å². The molecule has 31 heavy (non-hydrogen) atoms. The van der Waals surface area contributed by atoms with Crippen LogP contribution in [0.15, 0.2) is 12.2 Å². The van der Waals surface area contributed by atoms with Gasteiger partial charge in [-0.15, -0.1) is 0 Å².